The molecule has 1 fully saturated rings. The van der Waals surface area contributed by atoms with E-state index in [1.54, 1.807) is 12.1 Å². The molecule has 0 bridgehead atoms. The molecule has 0 aliphatic carbocycles. The van der Waals surface area contributed by atoms with Crippen molar-refractivity contribution in [2.45, 2.75) is 17.7 Å². The fourth-order valence-corrected chi connectivity index (χ4v) is 4.20. The predicted molar refractivity (Wildman–Crippen MR) is 92.3 cm³/mol. The van der Waals surface area contributed by atoms with Crippen LogP contribution in [0.3, 0.4) is 0 Å². The molecule has 1 aromatic carbocycles. The van der Waals surface area contributed by atoms with Crippen LogP contribution in [0, 0.1) is 11.7 Å². The summed E-state index contributed by atoms with van der Waals surface area (Å²) in [7, 11) is -3.68. The SMILES string of the molecule is O=C(N/N=C\c1ccco1)C1CCN(S(=O)(=O)c2ccc(F)cc2)CC1. The molecule has 3 rings (SSSR count). The standard InChI is InChI=1S/C17H18FN3O4S/c18-14-3-5-16(6-4-14)26(23,24)21-9-7-13(8-10-21)17(22)20-19-12-15-2-1-11-25-15/h1-6,11-13H,7-10H2,(H,20,22)/b19-12-. The van der Waals surface area contributed by atoms with E-state index >= 15 is 0 Å². The normalized spacial score (nSPS) is 16.8. The zero-order valence-corrected chi connectivity index (χ0v) is 14.7. The molecule has 138 valence electrons. The number of benzene rings is 1. The van der Waals surface area contributed by atoms with Crippen LogP contribution in [0.1, 0.15) is 18.6 Å². The number of amides is 1. The highest BCUT2D eigenvalue weighted by Crippen LogP contribution is 2.24. The Hall–Kier alpha value is -2.52. The summed E-state index contributed by atoms with van der Waals surface area (Å²) >= 11 is 0. The largest absolute Gasteiger partial charge is 0.463 e. The number of furan rings is 1. The lowest BCUT2D eigenvalue weighted by Gasteiger charge is -2.30. The molecule has 1 amide bonds. The Morgan fingerprint density at radius 1 is 1.23 bits per heavy atom. The van der Waals surface area contributed by atoms with Gasteiger partial charge in [-0.1, -0.05) is 0 Å². The number of hydrogen-bond acceptors (Lipinski definition) is 5. The van der Waals surface area contributed by atoms with E-state index in [-0.39, 0.29) is 29.8 Å². The average molecular weight is 379 g/mol. The molecule has 7 nitrogen and oxygen atoms in total. The van der Waals surface area contributed by atoms with Gasteiger partial charge in [-0.3, -0.25) is 4.79 Å². The van der Waals surface area contributed by atoms with Gasteiger partial charge in [0.25, 0.3) is 0 Å². The summed E-state index contributed by atoms with van der Waals surface area (Å²) in [5.41, 5.74) is 2.44. The van der Waals surface area contributed by atoms with Gasteiger partial charge in [0, 0.05) is 19.0 Å². The first-order valence-corrected chi connectivity index (χ1v) is 9.53. The number of halogens is 1. The van der Waals surface area contributed by atoms with Crippen molar-refractivity contribution in [3.8, 4) is 0 Å². The van der Waals surface area contributed by atoms with Crippen molar-refractivity contribution in [3.05, 3.63) is 54.2 Å². The highest BCUT2D eigenvalue weighted by Gasteiger charge is 2.32. The van der Waals surface area contributed by atoms with Crippen LogP contribution >= 0.6 is 0 Å². The lowest BCUT2D eigenvalue weighted by Crippen LogP contribution is -2.42. The number of nitrogens with one attached hydrogen (secondary N) is 1. The predicted octanol–water partition coefficient (Wildman–Crippen LogP) is 1.97. The second-order valence-corrected chi connectivity index (χ2v) is 7.82. The topological polar surface area (TPSA) is 92.0 Å². The molecule has 2 aromatic rings. The molecule has 1 aliphatic rings. The molecule has 2 heterocycles. The molecule has 9 heteroatoms. The second-order valence-electron chi connectivity index (χ2n) is 5.88. The Bertz CT molecular complexity index is 871. The van der Waals surface area contributed by atoms with Crippen molar-refractivity contribution >= 4 is 22.1 Å². The number of sulfonamides is 1. The third kappa shape index (κ3) is 4.17. The molecular weight excluding hydrogens is 361 g/mol. The van der Waals surface area contributed by atoms with Gasteiger partial charge in [-0.15, -0.1) is 0 Å². The minimum Gasteiger partial charge on any atom is -0.463 e. The maximum atomic E-state index is 13.0. The van der Waals surface area contributed by atoms with Gasteiger partial charge in [-0.2, -0.15) is 9.41 Å². The molecule has 0 unspecified atom stereocenters. The minimum atomic E-state index is -3.68. The first kappa shape index (κ1) is 18.3. The van der Waals surface area contributed by atoms with Gasteiger partial charge in [0.1, 0.15) is 11.6 Å². The molecule has 1 N–H and O–H groups in total. The van der Waals surface area contributed by atoms with Crippen LogP contribution in [0.5, 0.6) is 0 Å². The van der Waals surface area contributed by atoms with Crippen LogP contribution < -0.4 is 5.43 Å². The zero-order valence-electron chi connectivity index (χ0n) is 13.8. The van der Waals surface area contributed by atoms with Crippen molar-refractivity contribution < 1.29 is 22.0 Å². The van der Waals surface area contributed by atoms with Crippen molar-refractivity contribution in [2.75, 3.05) is 13.1 Å². The van der Waals surface area contributed by atoms with E-state index in [4.69, 9.17) is 4.42 Å². The fourth-order valence-electron chi connectivity index (χ4n) is 2.73. The summed E-state index contributed by atoms with van der Waals surface area (Å²) in [6.45, 7) is 0.444. The van der Waals surface area contributed by atoms with Crippen molar-refractivity contribution in [1.29, 1.82) is 0 Å². The molecule has 0 spiro atoms. The summed E-state index contributed by atoms with van der Waals surface area (Å²) < 4.78 is 44.5. The molecule has 1 saturated heterocycles. The third-order valence-corrected chi connectivity index (χ3v) is 6.10. The Balaban J connectivity index is 1.55. The van der Waals surface area contributed by atoms with E-state index in [1.807, 2.05) is 0 Å². The van der Waals surface area contributed by atoms with E-state index in [1.165, 1.54) is 28.9 Å². The molecule has 0 atom stereocenters. The van der Waals surface area contributed by atoms with Crippen LogP contribution in [0.25, 0.3) is 0 Å². The fraction of sp³-hybridized carbons (Fsp3) is 0.294. The number of rotatable bonds is 5. The summed E-state index contributed by atoms with van der Waals surface area (Å²) in [6, 6.07) is 8.13. The van der Waals surface area contributed by atoms with E-state index in [9.17, 15) is 17.6 Å². The molecule has 26 heavy (non-hydrogen) atoms. The van der Waals surface area contributed by atoms with Crippen LogP contribution in [-0.2, 0) is 14.8 Å². The van der Waals surface area contributed by atoms with Crippen LogP contribution in [0.15, 0.2) is 57.1 Å². The van der Waals surface area contributed by atoms with Crippen molar-refractivity contribution in [3.63, 3.8) is 0 Å². The average Bonchev–Trinajstić information content (AvgIpc) is 3.15. The summed E-state index contributed by atoms with van der Waals surface area (Å²) in [5.74, 6) is -0.546. The van der Waals surface area contributed by atoms with E-state index < -0.39 is 15.8 Å². The number of hydrazone groups is 1. The van der Waals surface area contributed by atoms with Crippen LogP contribution in [0.4, 0.5) is 4.39 Å². The lowest BCUT2D eigenvalue weighted by molar-refractivity contribution is -0.126. The number of hydrogen-bond donors (Lipinski definition) is 1. The van der Waals surface area contributed by atoms with Gasteiger partial charge in [0.15, 0.2) is 0 Å². The maximum absolute atomic E-state index is 13.0. The van der Waals surface area contributed by atoms with Gasteiger partial charge in [0.2, 0.25) is 15.9 Å². The summed E-state index contributed by atoms with van der Waals surface area (Å²) in [6.07, 6.45) is 3.68. The minimum absolute atomic E-state index is 0.0462. The number of carbonyl (C=O) groups excluding carboxylic acids is 1. The van der Waals surface area contributed by atoms with Gasteiger partial charge in [0.05, 0.1) is 17.4 Å². The Morgan fingerprint density at radius 3 is 2.54 bits per heavy atom. The Morgan fingerprint density at radius 2 is 1.92 bits per heavy atom. The Kier molecular flexibility index (Phi) is 5.48. The molecule has 0 radical (unpaired) electrons. The molecular formula is C17H18FN3O4S. The van der Waals surface area contributed by atoms with Crippen molar-refractivity contribution in [1.82, 2.24) is 9.73 Å². The first-order chi connectivity index (χ1) is 12.5. The number of carbonyl (C=O) groups is 1. The second kappa shape index (κ2) is 7.79. The highest BCUT2D eigenvalue weighted by atomic mass is 32.2. The zero-order chi connectivity index (χ0) is 18.6. The molecule has 1 aliphatic heterocycles. The van der Waals surface area contributed by atoms with Gasteiger partial charge < -0.3 is 4.42 Å². The van der Waals surface area contributed by atoms with Crippen LogP contribution in [0.2, 0.25) is 0 Å². The first-order valence-electron chi connectivity index (χ1n) is 8.09. The van der Waals surface area contributed by atoms with Gasteiger partial charge in [-0.05, 0) is 49.2 Å². The van der Waals surface area contributed by atoms with Gasteiger partial charge in [-0.25, -0.2) is 18.2 Å². The lowest BCUT2D eigenvalue weighted by atomic mass is 9.98. The number of piperidine rings is 1. The number of nitrogens with zero attached hydrogens (tertiary/aromatic N) is 2. The Labute approximate surface area is 150 Å². The smallest absolute Gasteiger partial charge is 0.243 e. The van der Waals surface area contributed by atoms with E-state index in [0.717, 1.165) is 12.1 Å². The monoisotopic (exact) mass is 379 g/mol. The summed E-state index contributed by atoms with van der Waals surface area (Å²) in [5, 5.41) is 3.83. The maximum Gasteiger partial charge on any atom is 0.243 e. The summed E-state index contributed by atoms with van der Waals surface area (Å²) in [4.78, 5) is 12.2. The molecule has 1 aromatic heterocycles. The quantitative estimate of drug-likeness (QED) is 0.635. The van der Waals surface area contributed by atoms with Crippen LogP contribution in [-0.4, -0.2) is 37.9 Å². The van der Waals surface area contributed by atoms with E-state index in [0.29, 0.717) is 18.6 Å². The highest BCUT2D eigenvalue weighted by molar-refractivity contribution is 7.89. The van der Waals surface area contributed by atoms with E-state index in [2.05, 4.69) is 10.5 Å². The third-order valence-electron chi connectivity index (χ3n) is 4.19. The molecule has 0 saturated carbocycles. The van der Waals surface area contributed by atoms with Crippen molar-refractivity contribution in [2.24, 2.45) is 11.0 Å². The van der Waals surface area contributed by atoms with Gasteiger partial charge >= 0.3 is 0 Å².